The van der Waals surface area contributed by atoms with Gasteiger partial charge in [-0.25, -0.2) is 4.39 Å². The van der Waals surface area contributed by atoms with Crippen LogP contribution in [0, 0.1) is 5.82 Å². The van der Waals surface area contributed by atoms with Crippen molar-refractivity contribution >= 4 is 21.8 Å². The Balaban J connectivity index is 2.02. The molecule has 1 amide bonds. The van der Waals surface area contributed by atoms with Crippen molar-refractivity contribution in [3.63, 3.8) is 0 Å². The van der Waals surface area contributed by atoms with E-state index in [4.69, 9.17) is 0 Å². The molecule has 104 valence electrons. The van der Waals surface area contributed by atoms with Gasteiger partial charge in [0, 0.05) is 19.1 Å². The number of nitrogens with zero attached hydrogens (tertiary/aromatic N) is 1. The van der Waals surface area contributed by atoms with Crippen LogP contribution in [0.5, 0.6) is 0 Å². The lowest BCUT2D eigenvalue weighted by molar-refractivity contribution is -0.131. The van der Waals surface area contributed by atoms with Gasteiger partial charge in [-0.2, -0.15) is 0 Å². The zero-order valence-electron chi connectivity index (χ0n) is 11.0. The molecule has 0 saturated carbocycles. The summed E-state index contributed by atoms with van der Waals surface area (Å²) in [5.74, 6) is -0.179. The number of benzene rings is 1. The fourth-order valence-electron chi connectivity index (χ4n) is 2.54. The molecule has 1 atom stereocenters. The number of hydrogen-bond donors (Lipinski definition) is 1. The molecule has 5 heteroatoms. The minimum atomic E-state index is -0.301. The minimum absolute atomic E-state index is 0.122. The highest BCUT2D eigenvalue weighted by molar-refractivity contribution is 9.10. The van der Waals surface area contributed by atoms with Gasteiger partial charge in [-0.15, -0.1) is 0 Å². The van der Waals surface area contributed by atoms with Gasteiger partial charge in [0.15, 0.2) is 0 Å². The van der Waals surface area contributed by atoms with Crippen LogP contribution in [-0.2, 0) is 11.2 Å². The minimum Gasteiger partial charge on any atom is -0.338 e. The number of carbonyl (C=O) groups is 1. The Morgan fingerprint density at radius 2 is 2.37 bits per heavy atom. The molecule has 1 N–H and O–H groups in total. The summed E-state index contributed by atoms with van der Waals surface area (Å²) in [4.78, 5) is 14.2. The van der Waals surface area contributed by atoms with Gasteiger partial charge >= 0.3 is 0 Å². The molecule has 19 heavy (non-hydrogen) atoms. The summed E-state index contributed by atoms with van der Waals surface area (Å²) in [6.07, 6.45) is 2.45. The molecular formula is C14H18BrFN2O. The Bertz CT molecular complexity index is 467. The molecular weight excluding hydrogens is 311 g/mol. The largest absolute Gasteiger partial charge is 0.338 e. The topological polar surface area (TPSA) is 32.3 Å². The quantitative estimate of drug-likeness (QED) is 0.920. The summed E-state index contributed by atoms with van der Waals surface area (Å²) >= 11 is 3.15. The molecule has 0 unspecified atom stereocenters. The van der Waals surface area contributed by atoms with Crippen LogP contribution in [0.4, 0.5) is 4.39 Å². The third-order valence-corrected chi connectivity index (χ3v) is 4.08. The second-order valence-corrected chi connectivity index (χ2v) is 5.72. The number of amides is 1. The maximum absolute atomic E-state index is 13.1. The van der Waals surface area contributed by atoms with Crippen molar-refractivity contribution in [3.05, 3.63) is 34.1 Å². The van der Waals surface area contributed by atoms with Crippen molar-refractivity contribution in [2.75, 3.05) is 20.1 Å². The number of halogens is 2. The third-order valence-electron chi connectivity index (χ3n) is 3.48. The van der Waals surface area contributed by atoms with Crippen LogP contribution in [0.3, 0.4) is 0 Å². The molecule has 1 heterocycles. The standard InChI is InChI=1S/C14H18BrFN2O/c1-17-9-11-3-2-6-18(11)14(19)8-10-4-5-13(16)12(15)7-10/h4-5,7,11,17H,2-3,6,8-9H2,1H3/t11-/m0/s1. The van der Waals surface area contributed by atoms with E-state index in [2.05, 4.69) is 21.2 Å². The van der Waals surface area contributed by atoms with E-state index in [9.17, 15) is 9.18 Å². The zero-order valence-corrected chi connectivity index (χ0v) is 12.5. The molecule has 1 saturated heterocycles. The average Bonchev–Trinajstić information content (AvgIpc) is 2.83. The molecule has 0 bridgehead atoms. The highest BCUT2D eigenvalue weighted by atomic mass is 79.9. The molecule has 1 aliphatic rings. The Morgan fingerprint density at radius 1 is 1.58 bits per heavy atom. The van der Waals surface area contributed by atoms with Gasteiger partial charge in [0.1, 0.15) is 5.82 Å². The number of likely N-dealkylation sites (N-methyl/N-ethyl adjacent to an activating group) is 1. The van der Waals surface area contributed by atoms with Gasteiger partial charge in [0.05, 0.1) is 10.9 Å². The first-order valence-corrected chi connectivity index (χ1v) is 7.29. The summed E-state index contributed by atoms with van der Waals surface area (Å²) in [6, 6.07) is 5.03. The molecule has 1 fully saturated rings. The average molecular weight is 329 g/mol. The highest BCUT2D eigenvalue weighted by Gasteiger charge is 2.27. The lowest BCUT2D eigenvalue weighted by atomic mass is 10.1. The van der Waals surface area contributed by atoms with E-state index in [0.29, 0.717) is 16.9 Å². The maximum atomic E-state index is 13.1. The van der Waals surface area contributed by atoms with E-state index in [0.717, 1.165) is 31.5 Å². The van der Waals surface area contributed by atoms with Crippen LogP contribution in [0.25, 0.3) is 0 Å². The lowest BCUT2D eigenvalue weighted by Gasteiger charge is -2.24. The zero-order chi connectivity index (χ0) is 13.8. The van der Waals surface area contributed by atoms with Crippen LogP contribution in [0.15, 0.2) is 22.7 Å². The van der Waals surface area contributed by atoms with Crippen molar-refractivity contribution in [2.24, 2.45) is 0 Å². The number of likely N-dealkylation sites (tertiary alicyclic amines) is 1. The predicted molar refractivity (Wildman–Crippen MR) is 76.5 cm³/mol. The second-order valence-electron chi connectivity index (χ2n) is 4.87. The molecule has 1 aliphatic heterocycles. The van der Waals surface area contributed by atoms with Gasteiger partial charge in [0.25, 0.3) is 0 Å². The first-order chi connectivity index (χ1) is 9.11. The van der Waals surface area contributed by atoms with Crippen molar-refractivity contribution < 1.29 is 9.18 Å². The van der Waals surface area contributed by atoms with Crippen LogP contribution >= 0.6 is 15.9 Å². The van der Waals surface area contributed by atoms with E-state index < -0.39 is 0 Å². The fourth-order valence-corrected chi connectivity index (χ4v) is 2.96. The SMILES string of the molecule is CNC[C@@H]1CCCN1C(=O)Cc1ccc(F)c(Br)c1. The van der Waals surface area contributed by atoms with Gasteiger partial charge in [-0.05, 0) is 53.5 Å². The molecule has 2 rings (SSSR count). The first kappa shape index (κ1) is 14.5. The lowest BCUT2D eigenvalue weighted by Crippen LogP contribution is -2.41. The van der Waals surface area contributed by atoms with Gasteiger partial charge < -0.3 is 10.2 Å². The molecule has 0 spiro atoms. The Morgan fingerprint density at radius 3 is 3.05 bits per heavy atom. The summed E-state index contributed by atoms with van der Waals surface area (Å²) in [5, 5.41) is 3.12. The van der Waals surface area contributed by atoms with Gasteiger partial charge in [-0.3, -0.25) is 4.79 Å². The van der Waals surface area contributed by atoms with Crippen LogP contribution < -0.4 is 5.32 Å². The number of hydrogen-bond acceptors (Lipinski definition) is 2. The number of nitrogens with one attached hydrogen (secondary N) is 1. The van der Waals surface area contributed by atoms with Crippen LogP contribution in [0.2, 0.25) is 0 Å². The molecule has 3 nitrogen and oxygen atoms in total. The number of rotatable bonds is 4. The van der Waals surface area contributed by atoms with E-state index >= 15 is 0 Å². The van der Waals surface area contributed by atoms with Crippen molar-refractivity contribution in [2.45, 2.75) is 25.3 Å². The van der Waals surface area contributed by atoms with Crippen LogP contribution in [0.1, 0.15) is 18.4 Å². The van der Waals surface area contributed by atoms with Crippen molar-refractivity contribution in [1.82, 2.24) is 10.2 Å². The van der Waals surface area contributed by atoms with E-state index in [1.165, 1.54) is 6.07 Å². The van der Waals surface area contributed by atoms with E-state index in [-0.39, 0.29) is 11.7 Å². The van der Waals surface area contributed by atoms with Crippen molar-refractivity contribution in [3.8, 4) is 0 Å². The second kappa shape index (κ2) is 6.48. The Kier molecular flexibility index (Phi) is 4.93. The van der Waals surface area contributed by atoms with E-state index in [1.807, 2.05) is 11.9 Å². The Hall–Kier alpha value is -0.940. The predicted octanol–water partition coefficient (Wildman–Crippen LogP) is 2.34. The summed E-state index contributed by atoms with van der Waals surface area (Å²) < 4.78 is 13.6. The number of carbonyl (C=O) groups excluding carboxylic acids is 1. The van der Waals surface area contributed by atoms with Crippen molar-refractivity contribution in [1.29, 1.82) is 0 Å². The maximum Gasteiger partial charge on any atom is 0.227 e. The normalized spacial score (nSPS) is 18.9. The summed E-state index contributed by atoms with van der Waals surface area (Å²) in [5.41, 5.74) is 0.841. The molecule has 0 radical (unpaired) electrons. The monoisotopic (exact) mass is 328 g/mol. The smallest absolute Gasteiger partial charge is 0.227 e. The fraction of sp³-hybridized carbons (Fsp3) is 0.500. The van der Waals surface area contributed by atoms with Gasteiger partial charge in [-0.1, -0.05) is 6.07 Å². The van der Waals surface area contributed by atoms with Gasteiger partial charge in [0.2, 0.25) is 5.91 Å². The summed E-state index contributed by atoms with van der Waals surface area (Å²) in [6.45, 7) is 1.66. The molecule has 1 aromatic rings. The van der Waals surface area contributed by atoms with E-state index in [1.54, 1.807) is 12.1 Å². The third kappa shape index (κ3) is 3.54. The molecule has 1 aromatic carbocycles. The molecule has 0 aliphatic carbocycles. The summed E-state index contributed by atoms with van der Waals surface area (Å²) in [7, 11) is 1.90. The first-order valence-electron chi connectivity index (χ1n) is 6.50. The van der Waals surface area contributed by atoms with Crippen LogP contribution in [-0.4, -0.2) is 37.0 Å². The highest BCUT2D eigenvalue weighted by Crippen LogP contribution is 2.20. The molecule has 0 aromatic heterocycles. The Labute approximate surface area is 121 Å².